The molecule has 3 aromatic rings. The molecule has 0 atom stereocenters. The maximum Gasteiger partial charge on any atom is 0.247 e. The molecule has 2 heterocycles. The molecule has 0 bridgehead atoms. The smallest absolute Gasteiger partial charge is 0.247 e. The Morgan fingerprint density at radius 3 is 2.72 bits per heavy atom. The third-order valence-corrected chi connectivity index (χ3v) is 2.60. The van der Waals surface area contributed by atoms with Crippen molar-refractivity contribution in [1.82, 2.24) is 19.6 Å². The molecule has 7 heteroatoms. The molecular weight excluding hydrogens is 254 g/mol. The Morgan fingerprint density at radius 2 is 2.00 bits per heavy atom. The summed E-state index contributed by atoms with van der Waals surface area (Å²) in [6.07, 6.45) is 3.21. The van der Waals surface area contributed by atoms with Gasteiger partial charge in [-0.3, -0.25) is 0 Å². The summed E-state index contributed by atoms with van der Waals surface area (Å²) >= 11 is 5.90. The highest BCUT2D eigenvalue weighted by molar-refractivity contribution is 6.32. The average molecular weight is 262 g/mol. The Bertz CT molecular complexity index is 694. The fourth-order valence-electron chi connectivity index (χ4n) is 1.51. The third-order valence-electron chi connectivity index (χ3n) is 2.33. The first-order chi connectivity index (χ1) is 8.72. The fourth-order valence-corrected chi connectivity index (χ4v) is 1.70. The van der Waals surface area contributed by atoms with E-state index in [2.05, 4.69) is 20.4 Å². The SMILES string of the molecule is Oc1ccc(Nc2nc3c(Cl)nccn3n2)cc1. The minimum absolute atomic E-state index is 0.204. The molecule has 0 saturated heterocycles. The van der Waals surface area contributed by atoms with Crippen LogP contribution >= 0.6 is 11.6 Å². The molecule has 90 valence electrons. The van der Waals surface area contributed by atoms with E-state index in [4.69, 9.17) is 11.6 Å². The quantitative estimate of drug-likeness (QED) is 0.692. The molecule has 0 radical (unpaired) electrons. The van der Waals surface area contributed by atoms with Crippen molar-refractivity contribution in [3.05, 3.63) is 41.8 Å². The van der Waals surface area contributed by atoms with Crippen LogP contribution in [0, 0.1) is 0 Å². The number of rotatable bonds is 2. The number of phenols is 1. The minimum atomic E-state index is 0.204. The van der Waals surface area contributed by atoms with Crippen LogP contribution in [0.25, 0.3) is 5.65 Å². The van der Waals surface area contributed by atoms with E-state index in [1.54, 1.807) is 36.7 Å². The Hall–Kier alpha value is -2.34. The van der Waals surface area contributed by atoms with E-state index in [0.29, 0.717) is 16.7 Å². The van der Waals surface area contributed by atoms with E-state index in [0.717, 1.165) is 5.69 Å². The lowest BCUT2D eigenvalue weighted by Crippen LogP contribution is -1.92. The summed E-state index contributed by atoms with van der Waals surface area (Å²) in [6.45, 7) is 0. The molecule has 0 saturated carbocycles. The number of anilines is 2. The second kappa shape index (κ2) is 4.15. The molecule has 0 aliphatic carbocycles. The van der Waals surface area contributed by atoms with Crippen molar-refractivity contribution >= 4 is 28.9 Å². The van der Waals surface area contributed by atoms with E-state index in [1.165, 1.54) is 4.52 Å². The largest absolute Gasteiger partial charge is 0.508 e. The molecule has 0 aliphatic rings. The van der Waals surface area contributed by atoms with Gasteiger partial charge in [-0.25, -0.2) is 9.50 Å². The van der Waals surface area contributed by atoms with Crippen molar-refractivity contribution in [1.29, 1.82) is 0 Å². The van der Waals surface area contributed by atoms with Crippen LogP contribution in [0.3, 0.4) is 0 Å². The zero-order valence-corrected chi connectivity index (χ0v) is 9.83. The number of hydrogen-bond donors (Lipinski definition) is 2. The van der Waals surface area contributed by atoms with Crippen molar-refractivity contribution < 1.29 is 5.11 Å². The number of benzene rings is 1. The zero-order chi connectivity index (χ0) is 12.5. The number of phenolic OH excluding ortho intramolecular Hbond substituents is 1. The van der Waals surface area contributed by atoms with Gasteiger partial charge in [0.2, 0.25) is 5.95 Å². The van der Waals surface area contributed by atoms with Crippen molar-refractivity contribution in [3.8, 4) is 5.75 Å². The summed E-state index contributed by atoms with van der Waals surface area (Å²) in [5, 5.41) is 16.7. The van der Waals surface area contributed by atoms with Gasteiger partial charge in [-0.2, -0.15) is 4.98 Å². The van der Waals surface area contributed by atoms with Crippen LogP contribution in [0.5, 0.6) is 5.75 Å². The molecule has 0 spiro atoms. The standard InChI is InChI=1S/C11H8ClN5O/c12-9-10-15-11(16-17(10)6-5-13-9)14-7-1-3-8(18)4-2-7/h1-6,18H,(H,14,16). The first-order valence-electron chi connectivity index (χ1n) is 5.15. The second-order valence-electron chi connectivity index (χ2n) is 3.59. The lowest BCUT2D eigenvalue weighted by molar-refractivity contribution is 0.475. The van der Waals surface area contributed by atoms with Crippen molar-refractivity contribution in [2.24, 2.45) is 0 Å². The number of fused-ring (bicyclic) bond motifs is 1. The van der Waals surface area contributed by atoms with Crippen molar-refractivity contribution in [2.45, 2.75) is 0 Å². The van der Waals surface area contributed by atoms with Gasteiger partial charge in [0.15, 0.2) is 10.8 Å². The zero-order valence-electron chi connectivity index (χ0n) is 9.08. The first kappa shape index (κ1) is 10.8. The van der Waals surface area contributed by atoms with Crippen LogP contribution in [-0.4, -0.2) is 24.7 Å². The molecule has 2 aromatic heterocycles. The van der Waals surface area contributed by atoms with Gasteiger partial charge in [0.1, 0.15) is 5.75 Å². The number of hydrogen-bond acceptors (Lipinski definition) is 5. The first-order valence-corrected chi connectivity index (χ1v) is 5.53. The van der Waals surface area contributed by atoms with Crippen LogP contribution < -0.4 is 5.32 Å². The number of halogens is 1. The van der Waals surface area contributed by atoms with E-state index in [-0.39, 0.29) is 5.75 Å². The van der Waals surface area contributed by atoms with Crippen LogP contribution in [0.2, 0.25) is 5.15 Å². The lowest BCUT2D eigenvalue weighted by atomic mass is 10.3. The highest BCUT2D eigenvalue weighted by Crippen LogP contribution is 2.19. The van der Waals surface area contributed by atoms with Gasteiger partial charge >= 0.3 is 0 Å². The summed E-state index contributed by atoms with van der Waals surface area (Å²) in [4.78, 5) is 8.13. The van der Waals surface area contributed by atoms with Crippen LogP contribution in [0.15, 0.2) is 36.7 Å². The fraction of sp³-hybridized carbons (Fsp3) is 0. The Kier molecular flexibility index (Phi) is 2.49. The lowest BCUT2D eigenvalue weighted by Gasteiger charge is -2.00. The molecule has 18 heavy (non-hydrogen) atoms. The van der Waals surface area contributed by atoms with Gasteiger partial charge in [-0.1, -0.05) is 11.6 Å². The summed E-state index contributed by atoms with van der Waals surface area (Å²) in [6, 6.07) is 6.60. The molecule has 1 aromatic carbocycles. The Morgan fingerprint density at radius 1 is 1.22 bits per heavy atom. The highest BCUT2D eigenvalue weighted by atomic mass is 35.5. The van der Waals surface area contributed by atoms with Crippen molar-refractivity contribution in [3.63, 3.8) is 0 Å². The number of aromatic nitrogens is 4. The van der Waals surface area contributed by atoms with Gasteiger partial charge in [0.25, 0.3) is 0 Å². The van der Waals surface area contributed by atoms with E-state index >= 15 is 0 Å². The van der Waals surface area contributed by atoms with Gasteiger partial charge < -0.3 is 10.4 Å². The van der Waals surface area contributed by atoms with Crippen LogP contribution in [0.4, 0.5) is 11.6 Å². The summed E-state index contributed by atoms with van der Waals surface area (Å²) in [5.41, 5.74) is 1.26. The third kappa shape index (κ3) is 1.93. The molecule has 3 rings (SSSR count). The van der Waals surface area contributed by atoms with Crippen LogP contribution in [-0.2, 0) is 0 Å². The Balaban J connectivity index is 1.95. The number of nitrogens with zero attached hydrogens (tertiary/aromatic N) is 4. The molecule has 0 aliphatic heterocycles. The Labute approximate surface area is 107 Å². The van der Waals surface area contributed by atoms with E-state index in [9.17, 15) is 5.11 Å². The predicted octanol–water partition coefficient (Wildman–Crippen LogP) is 2.23. The summed E-state index contributed by atoms with van der Waals surface area (Å²) < 4.78 is 1.54. The molecule has 0 fully saturated rings. The molecule has 6 nitrogen and oxygen atoms in total. The number of nitrogens with one attached hydrogen (secondary N) is 1. The molecule has 0 amide bonds. The van der Waals surface area contributed by atoms with Gasteiger partial charge in [0.05, 0.1) is 0 Å². The molecular formula is C11H8ClN5O. The van der Waals surface area contributed by atoms with Crippen molar-refractivity contribution in [2.75, 3.05) is 5.32 Å². The van der Waals surface area contributed by atoms with E-state index in [1.807, 2.05) is 0 Å². The van der Waals surface area contributed by atoms with Crippen LogP contribution in [0.1, 0.15) is 0 Å². The monoisotopic (exact) mass is 261 g/mol. The van der Waals surface area contributed by atoms with Gasteiger partial charge in [0, 0.05) is 18.1 Å². The number of aromatic hydroxyl groups is 1. The van der Waals surface area contributed by atoms with Gasteiger partial charge in [-0.05, 0) is 24.3 Å². The predicted molar refractivity (Wildman–Crippen MR) is 67.2 cm³/mol. The van der Waals surface area contributed by atoms with Gasteiger partial charge in [-0.15, -0.1) is 5.10 Å². The second-order valence-corrected chi connectivity index (χ2v) is 3.95. The highest BCUT2D eigenvalue weighted by Gasteiger charge is 2.07. The maximum absolute atomic E-state index is 9.18. The average Bonchev–Trinajstić information content (AvgIpc) is 2.76. The normalized spacial score (nSPS) is 10.7. The topological polar surface area (TPSA) is 75.3 Å². The van der Waals surface area contributed by atoms with E-state index < -0.39 is 0 Å². The maximum atomic E-state index is 9.18. The minimum Gasteiger partial charge on any atom is -0.508 e. The molecule has 0 unspecified atom stereocenters. The summed E-state index contributed by atoms with van der Waals surface area (Å²) in [7, 11) is 0. The summed E-state index contributed by atoms with van der Waals surface area (Å²) in [5.74, 6) is 0.617. The molecule has 2 N–H and O–H groups in total.